The number of fused-ring (bicyclic) bond motifs is 2. The molecule has 2 heterocycles. The summed E-state index contributed by atoms with van der Waals surface area (Å²) in [6.07, 6.45) is 5.17. The van der Waals surface area contributed by atoms with Crippen LogP contribution in [0.15, 0.2) is 42.7 Å². The Balaban J connectivity index is 1.38. The predicted molar refractivity (Wildman–Crippen MR) is 82.3 cm³/mol. The van der Waals surface area contributed by atoms with Gasteiger partial charge in [-0.25, -0.2) is 9.50 Å². The quantitative estimate of drug-likeness (QED) is 0.797. The molecule has 0 radical (unpaired) electrons. The maximum Gasteiger partial charge on any atom is 0.155 e. The van der Waals surface area contributed by atoms with E-state index in [4.69, 9.17) is 0 Å². The summed E-state index contributed by atoms with van der Waals surface area (Å²) in [7, 11) is 0. The maximum absolute atomic E-state index is 4.43. The molecule has 4 heteroatoms. The van der Waals surface area contributed by atoms with Crippen molar-refractivity contribution in [1.29, 1.82) is 0 Å². The molecule has 1 unspecified atom stereocenters. The molecule has 21 heavy (non-hydrogen) atoms. The Morgan fingerprint density at radius 3 is 3.14 bits per heavy atom. The summed E-state index contributed by atoms with van der Waals surface area (Å²) in [6.45, 7) is 3.84. The van der Waals surface area contributed by atoms with E-state index in [0.717, 1.165) is 24.4 Å². The van der Waals surface area contributed by atoms with E-state index in [2.05, 4.69) is 45.9 Å². The highest BCUT2D eigenvalue weighted by Crippen LogP contribution is 2.33. The van der Waals surface area contributed by atoms with Gasteiger partial charge in [-0.2, -0.15) is 5.10 Å². The van der Waals surface area contributed by atoms with Crippen molar-refractivity contribution >= 4 is 5.65 Å². The lowest BCUT2D eigenvalue weighted by molar-refractivity contribution is 0.534. The molecule has 0 fully saturated rings. The monoisotopic (exact) mass is 278 g/mol. The minimum absolute atomic E-state index is 0.657. The van der Waals surface area contributed by atoms with Crippen LogP contribution >= 0.6 is 0 Å². The number of hydrogen-bond acceptors (Lipinski definition) is 3. The minimum Gasteiger partial charge on any atom is -0.312 e. The van der Waals surface area contributed by atoms with Crippen LogP contribution in [-0.4, -0.2) is 21.1 Å². The van der Waals surface area contributed by atoms with Gasteiger partial charge in [0, 0.05) is 43.0 Å². The van der Waals surface area contributed by atoms with E-state index in [1.165, 1.54) is 23.1 Å². The van der Waals surface area contributed by atoms with Crippen LogP contribution in [0.4, 0.5) is 0 Å². The van der Waals surface area contributed by atoms with Crippen LogP contribution in [0.1, 0.15) is 28.3 Å². The normalized spacial score (nSPS) is 16.7. The van der Waals surface area contributed by atoms with Gasteiger partial charge in [-0.3, -0.25) is 0 Å². The third-order valence-corrected chi connectivity index (χ3v) is 4.17. The number of aromatic nitrogens is 3. The second kappa shape index (κ2) is 4.97. The first-order valence-electron chi connectivity index (χ1n) is 7.39. The van der Waals surface area contributed by atoms with Crippen molar-refractivity contribution in [2.24, 2.45) is 0 Å². The van der Waals surface area contributed by atoms with Crippen molar-refractivity contribution in [3.8, 4) is 0 Å². The van der Waals surface area contributed by atoms with Gasteiger partial charge in [0.15, 0.2) is 5.65 Å². The fraction of sp³-hybridized carbons (Fsp3) is 0.294. The Labute approximate surface area is 123 Å². The second-order valence-electron chi connectivity index (χ2n) is 5.78. The number of hydrogen-bond donors (Lipinski definition) is 1. The molecule has 0 saturated heterocycles. The van der Waals surface area contributed by atoms with Gasteiger partial charge in [0.05, 0.1) is 5.69 Å². The summed E-state index contributed by atoms with van der Waals surface area (Å²) < 4.78 is 1.85. The van der Waals surface area contributed by atoms with Gasteiger partial charge >= 0.3 is 0 Å². The Morgan fingerprint density at radius 2 is 2.24 bits per heavy atom. The molecule has 0 aliphatic heterocycles. The van der Waals surface area contributed by atoms with E-state index in [9.17, 15) is 0 Å². The van der Waals surface area contributed by atoms with Crippen LogP contribution in [0.25, 0.3) is 5.65 Å². The summed E-state index contributed by atoms with van der Waals surface area (Å²) in [5.74, 6) is 0.657. The van der Waals surface area contributed by atoms with Crippen LogP contribution in [0.3, 0.4) is 0 Å². The smallest absolute Gasteiger partial charge is 0.155 e. The van der Waals surface area contributed by atoms with E-state index in [1.54, 1.807) is 0 Å². The highest BCUT2D eigenvalue weighted by Gasteiger charge is 2.24. The first kappa shape index (κ1) is 12.5. The SMILES string of the molecule is Cc1cc2ncc(CNCC3Cc4ccccc43)cn2n1. The lowest BCUT2D eigenvalue weighted by Gasteiger charge is -2.30. The number of aryl methyl sites for hydroxylation is 1. The topological polar surface area (TPSA) is 42.2 Å². The molecule has 106 valence electrons. The number of rotatable bonds is 4. The lowest BCUT2D eigenvalue weighted by Crippen LogP contribution is -2.28. The zero-order valence-corrected chi connectivity index (χ0v) is 12.1. The fourth-order valence-corrected chi connectivity index (χ4v) is 3.06. The van der Waals surface area contributed by atoms with E-state index in [0.29, 0.717) is 5.92 Å². The summed E-state index contributed by atoms with van der Waals surface area (Å²) in [6, 6.07) is 10.7. The number of nitrogens with one attached hydrogen (secondary N) is 1. The van der Waals surface area contributed by atoms with Crippen LogP contribution in [0, 0.1) is 6.92 Å². The average molecular weight is 278 g/mol. The van der Waals surface area contributed by atoms with Crippen LogP contribution < -0.4 is 5.32 Å². The molecular weight excluding hydrogens is 260 g/mol. The molecule has 0 saturated carbocycles. The standard InChI is InChI=1S/C17H18N4/c1-12-6-17-19-9-13(11-21(17)20-12)8-18-10-15-7-14-4-2-3-5-16(14)15/h2-6,9,11,15,18H,7-8,10H2,1H3. The largest absolute Gasteiger partial charge is 0.312 e. The molecule has 1 aliphatic rings. The Morgan fingerprint density at radius 1 is 1.33 bits per heavy atom. The van der Waals surface area contributed by atoms with Gasteiger partial charge in [-0.1, -0.05) is 24.3 Å². The number of nitrogens with zero attached hydrogens (tertiary/aromatic N) is 3. The van der Waals surface area contributed by atoms with Crippen molar-refractivity contribution in [3.05, 3.63) is 65.1 Å². The zero-order chi connectivity index (χ0) is 14.2. The van der Waals surface area contributed by atoms with Crippen molar-refractivity contribution < 1.29 is 0 Å². The summed E-state index contributed by atoms with van der Waals surface area (Å²) in [5.41, 5.74) is 6.07. The molecule has 1 aromatic carbocycles. The highest BCUT2D eigenvalue weighted by atomic mass is 15.2. The van der Waals surface area contributed by atoms with E-state index in [-0.39, 0.29) is 0 Å². The van der Waals surface area contributed by atoms with E-state index in [1.807, 2.05) is 23.7 Å². The minimum atomic E-state index is 0.657. The molecule has 0 amide bonds. The molecule has 0 spiro atoms. The van der Waals surface area contributed by atoms with Gasteiger partial charge < -0.3 is 5.32 Å². The Hall–Kier alpha value is -2.20. The summed E-state index contributed by atoms with van der Waals surface area (Å²) in [4.78, 5) is 4.43. The maximum atomic E-state index is 4.43. The summed E-state index contributed by atoms with van der Waals surface area (Å²) >= 11 is 0. The van der Waals surface area contributed by atoms with Crippen molar-refractivity contribution in [2.75, 3.05) is 6.54 Å². The van der Waals surface area contributed by atoms with Crippen LogP contribution in [0.5, 0.6) is 0 Å². The summed E-state index contributed by atoms with van der Waals surface area (Å²) in [5, 5.41) is 7.94. The molecule has 1 N–H and O–H groups in total. The van der Waals surface area contributed by atoms with Crippen molar-refractivity contribution in [1.82, 2.24) is 19.9 Å². The molecule has 2 aromatic heterocycles. The third-order valence-electron chi connectivity index (χ3n) is 4.17. The predicted octanol–water partition coefficient (Wildman–Crippen LogP) is 2.47. The van der Waals surface area contributed by atoms with Gasteiger partial charge in [0.1, 0.15) is 0 Å². The van der Waals surface area contributed by atoms with Gasteiger partial charge in [0.25, 0.3) is 0 Å². The molecule has 0 bridgehead atoms. The Bertz CT molecular complexity index is 790. The van der Waals surface area contributed by atoms with E-state index >= 15 is 0 Å². The average Bonchev–Trinajstić information content (AvgIpc) is 2.83. The first-order chi connectivity index (χ1) is 10.3. The van der Waals surface area contributed by atoms with Crippen LogP contribution in [-0.2, 0) is 13.0 Å². The number of benzene rings is 1. The van der Waals surface area contributed by atoms with E-state index < -0.39 is 0 Å². The van der Waals surface area contributed by atoms with Crippen molar-refractivity contribution in [3.63, 3.8) is 0 Å². The molecule has 4 rings (SSSR count). The van der Waals surface area contributed by atoms with Gasteiger partial charge in [-0.15, -0.1) is 0 Å². The molecular formula is C17H18N4. The molecule has 3 aromatic rings. The Kier molecular flexibility index (Phi) is 2.97. The zero-order valence-electron chi connectivity index (χ0n) is 12.1. The lowest BCUT2D eigenvalue weighted by atomic mass is 9.77. The van der Waals surface area contributed by atoms with Crippen LogP contribution in [0.2, 0.25) is 0 Å². The first-order valence-corrected chi connectivity index (χ1v) is 7.39. The fourth-order valence-electron chi connectivity index (χ4n) is 3.06. The third kappa shape index (κ3) is 2.32. The van der Waals surface area contributed by atoms with Gasteiger partial charge in [-0.05, 0) is 24.5 Å². The van der Waals surface area contributed by atoms with Gasteiger partial charge in [0.2, 0.25) is 0 Å². The molecule has 1 atom stereocenters. The highest BCUT2D eigenvalue weighted by molar-refractivity contribution is 5.40. The molecule has 1 aliphatic carbocycles. The van der Waals surface area contributed by atoms with Crippen molar-refractivity contribution in [2.45, 2.75) is 25.8 Å². The molecule has 4 nitrogen and oxygen atoms in total. The second-order valence-corrected chi connectivity index (χ2v) is 5.78.